The SMILES string of the molecule is C[C@H](NC(c1ccccc1)c1ccccc1)C(=O)Nc1ccc(C#N)cc1. The van der Waals surface area contributed by atoms with Gasteiger partial charge in [0.25, 0.3) is 0 Å². The zero-order valence-electron chi connectivity index (χ0n) is 15.1. The van der Waals surface area contributed by atoms with Gasteiger partial charge < -0.3 is 5.32 Å². The summed E-state index contributed by atoms with van der Waals surface area (Å²) in [5.74, 6) is -0.128. The number of hydrogen-bond donors (Lipinski definition) is 2. The number of anilines is 1. The molecule has 0 aromatic heterocycles. The van der Waals surface area contributed by atoms with Crippen LogP contribution >= 0.6 is 0 Å². The second-order valence-electron chi connectivity index (χ2n) is 6.32. The van der Waals surface area contributed by atoms with Crippen molar-refractivity contribution >= 4 is 11.6 Å². The maximum Gasteiger partial charge on any atom is 0.241 e. The molecule has 0 saturated heterocycles. The molecule has 4 heteroatoms. The van der Waals surface area contributed by atoms with Gasteiger partial charge in [-0.3, -0.25) is 10.1 Å². The van der Waals surface area contributed by atoms with Crippen LogP contribution < -0.4 is 10.6 Å². The highest BCUT2D eigenvalue weighted by molar-refractivity contribution is 5.94. The summed E-state index contributed by atoms with van der Waals surface area (Å²) >= 11 is 0. The predicted molar refractivity (Wildman–Crippen MR) is 107 cm³/mol. The Kier molecular flexibility index (Phi) is 5.98. The van der Waals surface area contributed by atoms with Crippen molar-refractivity contribution in [1.82, 2.24) is 5.32 Å². The molecule has 2 N–H and O–H groups in total. The normalized spacial score (nSPS) is 11.6. The lowest BCUT2D eigenvalue weighted by Gasteiger charge is -2.24. The summed E-state index contributed by atoms with van der Waals surface area (Å²) in [5, 5.41) is 15.2. The molecule has 0 bridgehead atoms. The van der Waals surface area contributed by atoms with E-state index in [1.165, 1.54) is 0 Å². The molecule has 3 aromatic rings. The molecule has 3 rings (SSSR count). The van der Waals surface area contributed by atoms with Gasteiger partial charge in [-0.15, -0.1) is 0 Å². The monoisotopic (exact) mass is 355 g/mol. The average Bonchev–Trinajstić information content (AvgIpc) is 2.73. The first-order valence-electron chi connectivity index (χ1n) is 8.84. The van der Waals surface area contributed by atoms with Crippen LogP contribution in [0.5, 0.6) is 0 Å². The molecule has 1 amide bonds. The number of hydrogen-bond acceptors (Lipinski definition) is 3. The Balaban J connectivity index is 1.74. The van der Waals surface area contributed by atoms with Gasteiger partial charge in [0, 0.05) is 5.69 Å². The first kappa shape index (κ1) is 18.4. The summed E-state index contributed by atoms with van der Waals surface area (Å²) in [6.45, 7) is 1.85. The average molecular weight is 355 g/mol. The minimum atomic E-state index is -0.411. The van der Waals surface area contributed by atoms with Crippen molar-refractivity contribution in [3.8, 4) is 6.07 Å². The lowest BCUT2D eigenvalue weighted by atomic mass is 9.98. The summed E-state index contributed by atoms with van der Waals surface area (Å²) in [6, 6.07) is 28.5. The van der Waals surface area contributed by atoms with E-state index >= 15 is 0 Å². The smallest absolute Gasteiger partial charge is 0.241 e. The fourth-order valence-corrected chi connectivity index (χ4v) is 2.88. The number of carbonyl (C=O) groups is 1. The maximum absolute atomic E-state index is 12.6. The Labute approximate surface area is 159 Å². The number of nitrogens with zero attached hydrogens (tertiary/aromatic N) is 1. The fraction of sp³-hybridized carbons (Fsp3) is 0.130. The van der Waals surface area contributed by atoms with E-state index in [1.54, 1.807) is 24.3 Å². The standard InChI is InChI=1S/C23H21N3O/c1-17(23(27)26-21-14-12-18(16-24)13-15-21)25-22(19-8-4-2-5-9-19)20-10-6-3-7-11-20/h2-15,17,22,25H,1H3,(H,26,27)/t17-/m0/s1. The van der Waals surface area contributed by atoms with E-state index in [2.05, 4.69) is 41.0 Å². The first-order valence-corrected chi connectivity index (χ1v) is 8.84. The highest BCUT2D eigenvalue weighted by Crippen LogP contribution is 2.22. The Bertz CT molecular complexity index is 876. The van der Waals surface area contributed by atoms with Crippen LogP contribution in [0.2, 0.25) is 0 Å². The van der Waals surface area contributed by atoms with Gasteiger partial charge in [-0.2, -0.15) is 5.26 Å². The van der Waals surface area contributed by atoms with E-state index in [0.29, 0.717) is 11.3 Å². The third-order valence-corrected chi connectivity index (χ3v) is 4.36. The fourth-order valence-electron chi connectivity index (χ4n) is 2.88. The number of nitrogens with one attached hydrogen (secondary N) is 2. The van der Waals surface area contributed by atoms with Crippen LogP contribution in [0.3, 0.4) is 0 Å². The van der Waals surface area contributed by atoms with E-state index in [9.17, 15) is 4.79 Å². The number of nitriles is 1. The number of amides is 1. The molecule has 0 fully saturated rings. The molecule has 0 radical (unpaired) electrons. The van der Waals surface area contributed by atoms with Gasteiger partial charge in [-0.1, -0.05) is 60.7 Å². The molecule has 1 atom stereocenters. The number of rotatable bonds is 6. The molecule has 27 heavy (non-hydrogen) atoms. The molecule has 0 aliphatic rings. The van der Waals surface area contributed by atoms with Crippen molar-refractivity contribution < 1.29 is 4.79 Å². The van der Waals surface area contributed by atoms with Gasteiger partial charge in [-0.05, 0) is 42.3 Å². The van der Waals surface area contributed by atoms with E-state index < -0.39 is 6.04 Å². The van der Waals surface area contributed by atoms with Crippen LogP contribution in [-0.4, -0.2) is 11.9 Å². The molecule has 0 heterocycles. The molecule has 0 aliphatic carbocycles. The summed E-state index contributed by atoms with van der Waals surface area (Å²) < 4.78 is 0. The summed E-state index contributed by atoms with van der Waals surface area (Å²) in [4.78, 5) is 12.6. The highest BCUT2D eigenvalue weighted by atomic mass is 16.2. The lowest BCUT2D eigenvalue weighted by Crippen LogP contribution is -2.40. The lowest BCUT2D eigenvalue weighted by molar-refractivity contribution is -0.117. The molecule has 134 valence electrons. The molecule has 0 spiro atoms. The van der Waals surface area contributed by atoms with Crippen LogP contribution in [-0.2, 0) is 4.79 Å². The second-order valence-corrected chi connectivity index (χ2v) is 6.32. The summed E-state index contributed by atoms with van der Waals surface area (Å²) in [5.41, 5.74) is 3.43. The maximum atomic E-state index is 12.6. The summed E-state index contributed by atoms with van der Waals surface area (Å²) in [7, 11) is 0. The quantitative estimate of drug-likeness (QED) is 0.694. The van der Waals surface area contributed by atoms with Crippen LogP contribution in [0.1, 0.15) is 29.7 Å². The van der Waals surface area contributed by atoms with Crippen molar-refractivity contribution in [3.63, 3.8) is 0 Å². The minimum absolute atomic E-state index is 0.0888. The van der Waals surface area contributed by atoms with E-state index in [1.807, 2.05) is 43.3 Å². The van der Waals surface area contributed by atoms with Crippen molar-refractivity contribution in [2.45, 2.75) is 19.0 Å². The van der Waals surface area contributed by atoms with Crippen molar-refractivity contribution in [2.24, 2.45) is 0 Å². The van der Waals surface area contributed by atoms with Crippen molar-refractivity contribution in [3.05, 3.63) is 102 Å². The molecule has 0 aliphatic heterocycles. The largest absolute Gasteiger partial charge is 0.325 e. The topological polar surface area (TPSA) is 64.9 Å². The van der Waals surface area contributed by atoms with E-state index in [4.69, 9.17) is 5.26 Å². The second kappa shape index (κ2) is 8.79. The molecule has 4 nitrogen and oxygen atoms in total. The van der Waals surface area contributed by atoms with Gasteiger partial charge in [0.05, 0.1) is 23.7 Å². The zero-order valence-corrected chi connectivity index (χ0v) is 15.1. The number of carbonyl (C=O) groups excluding carboxylic acids is 1. The van der Waals surface area contributed by atoms with Gasteiger partial charge in [-0.25, -0.2) is 0 Å². The Morgan fingerprint density at radius 3 is 1.85 bits per heavy atom. The van der Waals surface area contributed by atoms with Gasteiger partial charge in [0.1, 0.15) is 0 Å². The Morgan fingerprint density at radius 1 is 0.852 bits per heavy atom. The number of benzene rings is 3. The van der Waals surface area contributed by atoms with Gasteiger partial charge >= 0.3 is 0 Å². The Morgan fingerprint density at radius 2 is 1.37 bits per heavy atom. The van der Waals surface area contributed by atoms with Crippen molar-refractivity contribution in [2.75, 3.05) is 5.32 Å². The van der Waals surface area contributed by atoms with Crippen LogP contribution in [0, 0.1) is 11.3 Å². The third kappa shape index (κ3) is 4.81. The van der Waals surface area contributed by atoms with Crippen LogP contribution in [0.4, 0.5) is 5.69 Å². The first-order chi connectivity index (χ1) is 13.2. The third-order valence-electron chi connectivity index (χ3n) is 4.36. The van der Waals surface area contributed by atoms with Gasteiger partial charge in [0.2, 0.25) is 5.91 Å². The predicted octanol–water partition coefficient (Wildman–Crippen LogP) is 4.26. The van der Waals surface area contributed by atoms with E-state index in [-0.39, 0.29) is 11.9 Å². The van der Waals surface area contributed by atoms with Crippen molar-refractivity contribution in [1.29, 1.82) is 5.26 Å². The zero-order chi connectivity index (χ0) is 19.1. The van der Waals surface area contributed by atoms with E-state index in [0.717, 1.165) is 11.1 Å². The minimum Gasteiger partial charge on any atom is -0.325 e. The Hall–Kier alpha value is -3.42. The summed E-state index contributed by atoms with van der Waals surface area (Å²) in [6.07, 6.45) is 0. The van der Waals surface area contributed by atoms with Gasteiger partial charge in [0.15, 0.2) is 0 Å². The molecule has 0 unspecified atom stereocenters. The molecule has 3 aromatic carbocycles. The molecule has 0 saturated carbocycles. The molecular formula is C23H21N3O. The highest BCUT2D eigenvalue weighted by Gasteiger charge is 2.20. The van der Waals surface area contributed by atoms with Crippen LogP contribution in [0.25, 0.3) is 0 Å². The van der Waals surface area contributed by atoms with Crippen LogP contribution in [0.15, 0.2) is 84.9 Å². The molecular weight excluding hydrogens is 334 g/mol.